The number of para-hydroxylation sites is 1. The molecule has 0 N–H and O–H groups in total. The molecule has 0 aliphatic rings. The van der Waals surface area contributed by atoms with Gasteiger partial charge in [0.05, 0.1) is 22.2 Å². The highest BCUT2D eigenvalue weighted by Gasteiger charge is 2.21. The molecule has 0 unspecified atom stereocenters. The highest BCUT2D eigenvalue weighted by Crippen LogP contribution is 2.46. The first-order valence-corrected chi connectivity index (χ1v) is 19.1. The van der Waals surface area contributed by atoms with Gasteiger partial charge in [-0.2, -0.15) is 0 Å². The normalized spacial score (nSPS) is 12.1. The largest absolute Gasteiger partial charge is 0.309 e. The third-order valence-electron chi connectivity index (χ3n) is 11.1. The molecule has 12 rings (SSSR count). The van der Waals surface area contributed by atoms with E-state index in [0.29, 0.717) is 0 Å². The van der Waals surface area contributed by atoms with Gasteiger partial charge in [-0.05, 0) is 81.2 Å². The molecule has 9 aromatic carbocycles. The fourth-order valence-corrected chi connectivity index (χ4v) is 9.81. The van der Waals surface area contributed by atoms with Crippen LogP contribution in [0.2, 0.25) is 0 Å². The molecule has 12 aromatic rings. The lowest BCUT2D eigenvalue weighted by Crippen LogP contribution is -1.96. The zero-order chi connectivity index (χ0) is 35.3. The molecule has 0 bridgehead atoms. The fraction of sp³-hybridized carbons (Fsp3) is 0. The van der Waals surface area contributed by atoms with Crippen LogP contribution in [-0.4, -0.2) is 14.5 Å². The number of hydrogen-bond donors (Lipinski definition) is 0. The molecule has 54 heavy (non-hydrogen) atoms. The number of aromatic nitrogens is 3. The van der Waals surface area contributed by atoms with Gasteiger partial charge in [-0.3, -0.25) is 0 Å². The van der Waals surface area contributed by atoms with Crippen molar-refractivity contribution in [3.63, 3.8) is 0 Å². The van der Waals surface area contributed by atoms with Crippen LogP contribution in [0.25, 0.3) is 114 Å². The van der Waals surface area contributed by atoms with E-state index in [0.717, 1.165) is 44.6 Å². The number of hydrogen-bond acceptors (Lipinski definition) is 3. The van der Waals surface area contributed by atoms with E-state index >= 15 is 0 Å². The van der Waals surface area contributed by atoms with Crippen molar-refractivity contribution in [1.82, 2.24) is 14.5 Å². The Kier molecular flexibility index (Phi) is 6.21. The van der Waals surface area contributed by atoms with Crippen LogP contribution in [0.1, 0.15) is 0 Å². The molecule has 0 atom stereocenters. The summed E-state index contributed by atoms with van der Waals surface area (Å²) in [4.78, 5) is 10.3. The van der Waals surface area contributed by atoms with Crippen LogP contribution in [0.15, 0.2) is 176 Å². The Hall–Kier alpha value is -6.88. The predicted molar refractivity (Wildman–Crippen MR) is 229 cm³/mol. The van der Waals surface area contributed by atoms with E-state index in [4.69, 9.17) is 9.97 Å². The van der Waals surface area contributed by atoms with Gasteiger partial charge in [0, 0.05) is 53.1 Å². The molecular formula is C50H29N3S. The smallest absolute Gasteiger partial charge is 0.160 e. The third-order valence-corrected chi connectivity index (χ3v) is 12.3. The zero-order valence-electron chi connectivity index (χ0n) is 29.0. The van der Waals surface area contributed by atoms with E-state index in [-0.39, 0.29) is 0 Å². The number of fused-ring (bicyclic) bond motifs is 2. The van der Waals surface area contributed by atoms with Gasteiger partial charge in [-0.25, -0.2) is 9.97 Å². The predicted octanol–water partition coefficient (Wildman–Crippen LogP) is 13.8. The van der Waals surface area contributed by atoms with Gasteiger partial charge >= 0.3 is 0 Å². The minimum atomic E-state index is 0.724. The van der Waals surface area contributed by atoms with Crippen LogP contribution < -0.4 is 0 Å². The summed E-state index contributed by atoms with van der Waals surface area (Å²) in [6.45, 7) is 0. The molecule has 3 aromatic heterocycles. The number of rotatable bonds is 4. The van der Waals surface area contributed by atoms with Crippen molar-refractivity contribution in [1.29, 1.82) is 0 Å². The molecule has 0 aliphatic heterocycles. The van der Waals surface area contributed by atoms with Gasteiger partial charge in [0.15, 0.2) is 5.82 Å². The Morgan fingerprint density at radius 2 is 0.981 bits per heavy atom. The maximum Gasteiger partial charge on any atom is 0.160 e. The second kappa shape index (κ2) is 11.3. The summed E-state index contributed by atoms with van der Waals surface area (Å²) < 4.78 is 5.09. The van der Waals surface area contributed by atoms with Gasteiger partial charge in [-0.1, -0.05) is 127 Å². The Morgan fingerprint density at radius 3 is 1.72 bits per heavy atom. The maximum absolute atomic E-state index is 5.22. The van der Waals surface area contributed by atoms with E-state index < -0.39 is 0 Å². The van der Waals surface area contributed by atoms with Crippen molar-refractivity contribution >= 4 is 85.8 Å². The Morgan fingerprint density at radius 1 is 0.389 bits per heavy atom. The summed E-state index contributed by atoms with van der Waals surface area (Å²) in [6, 6.07) is 63.6. The highest BCUT2D eigenvalue weighted by molar-refractivity contribution is 7.24. The molecule has 0 fully saturated rings. The van der Waals surface area contributed by atoms with Crippen molar-refractivity contribution < 1.29 is 0 Å². The average Bonchev–Trinajstić information content (AvgIpc) is 3.49. The first kappa shape index (κ1) is 29.7. The molecule has 250 valence electrons. The van der Waals surface area contributed by atoms with Gasteiger partial charge in [0.25, 0.3) is 0 Å². The second-order valence-corrected chi connectivity index (χ2v) is 15.3. The molecule has 0 saturated heterocycles. The lowest BCUT2D eigenvalue weighted by atomic mass is 10.00. The highest BCUT2D eigenvalue weighted by atomic mass is 32.1. The Balaban J connectivity index is 1.01. The van der Waals surface area contributed by atoms with Crippen molar-refractivity contribution in [2.45, 2.75) is 0 Å². The van der Waals surface area contributed by atoms with E-state index in [1.807, 2.05) is 17.4 Å². The van der Waals surface area contributed by atoms with Crippen LogP contribution in [0.5, 0.6) is 0 Å². The Labute approximate surface area is 314 Å². The molecule has 3 heterocycles. The van der Waals surface area contributed by atoms with Crippen molar-refractivity contribution in [3.8, 4) is 39.5 Å². The van der Waals surface area contributed by atoms with Gasteiger partial charge in [0.2, 0.25) is 0 Å². The number of nitrogens with zero attached hydrogens (tertiary/aromatic N) is 3. The molecule has 3 nitrogen and oxygen atoms in total. The Bertz CT molecular complexity index is 3330. The van der Waals surface area contributed by atoms with Gasteiger partial charge in [0.1, 0.15) is 0 Å². The fourth-order valence-electron chi connectivity index (χ4n) is 8.63. The van der Waals surface area contributed by atoms with Crippen LogP contribution in [0.3, 0.4) is 0 Å². The maximum atomic E-state index is 5.22. The summed E-state index contributed by atoms with van der Waals surface area (Å²) in [6.07, 6.45) is 0. The lowest BCUT2D eigenvalue weighted by Gasteiger charge is -2.12. The zero-order valence-corrected chi connectivity index (χ0v) is 29.8. The van der Waals surface area contributed by atoms with Gasteiger partial charge in [-0.15, -0.1) is 11.3 Å². The second-order valence-electron chi connectivity index (χ2n) is 14.2. The topological polar surface area (TPSA) is 30.7 Å². The monoisotopic (exact) mass is 703 g/mol. The molecule has 0 saturated carbocycles. The van der Waals surface area contributed by atoms with Crippen LogP contribution >= 0.6 is 11.3 Å². The molecule has 0 radical (unpaired) electrons. The SMILES string of the molecule is c1ccc(-c2ccc(-c3nc(-c4ccc5cc(-n6c7ccc8cccc9sc%10cccc%11ccc6c(c%11%10)c7c89)ccc5c4)nc4ccccc34)cc2)cc1. The van der Waals surface area contributed by atoms with E-state index in [9.17, 15) is 0 Å². The van der Waals surface area contributed by atoms with Crippen molar-refractivity contribution in [2.75, 3.05) is 0 Å². The van der Waals surface area contributed by atoms with E-state index in [1.165, 1.54) is 69.3 Å². The van der Waals surface area contributed by atoms with E-state index in [1.54, 1.807) is 0 Å². The number of benzene rings is 9. The van der Waals surface area contributed by atoms with Gasteiger partial charge < -0.3 is 4.57 Å². The van der Waals surface area contributed by atoms with Crippen LogP contribution in [-0.2, 0) is 0 Å². The van der Waals surface area contributed by atoms with Crippen molar-refractivity contribution in [3.05, 3.63) is 176 Å². The van der Waals surface area contributed by atoms with E-state index in [2.05, 4.69) is 174 Å². The summed E-state index contributed by atoms with van der Waals surface area (Å²) in [7, 11) is 0. The summed E-state index contributed by atoms with van der Waals surface area (Å²) in [5.74, 6) is 0.724. The molecule has 4 heteroatoms. The minimum absolute atomic E-state index is 0.724. The van der Waals surface area contributed by atoms with Crippen LogP contribution in [0, 0.1) is 0 Å². The quantitative estimate of drug-likeness (QED) is 0.183. The standard InChI is InChI=1S/C50H29N3S/c1-2-8-30(9-3-1)31-16-18-34(19-17-31)49-39-12-4-5-13-40(39)51-50(52-49)37-21-20-36-29-38(25-22-35(36)28-37)53-41-26-23-32-10-6-14-43-45(32)47(41)48-42(53)27-24-33-11-7-15-44(54-43)46(33)48/h1-29H. The van der Waals surface area contributed by atoms with Crippen molar-refractivity contribution in [2.24, 2.45) is 0 Å². The molecule has 0 spiro atoms. The first-order chi connectivity index (χ1) is 26.7. The molecular weight excluding hydrogens is 675 g/mol. The summed E-state index contributed by atoms with van der Waals surface area (Å²) in [5.41, 5.74) is 9.96. The average molecular weight is 704 g/mol. The first-order valence-electron chi connectivity index (χ1n) is 18.3. The third kappa shape index (κ3) is 4.35. The molecule has 0 aliphatic carbocycles. The lowest BCUT2D eigenvalue weighted by molar-refractivity contribution is 1.19. The van der Waals surface area contributed by atoms with Crippen LogP contribution in [0.4, 0.5) is 0 Å². The summed E-state index contributed by atoms with van der Waals surface area (Å²) >= 11 is 1.89. The minimum Gasteiger partial charge on any atom is -0.309 e. The molecule has 0 amide bonds. The summed E-state index contributed by atoms with van der Waals surface area (Å²) in [5, 5.41) is 11.3.